The average Bonchev–Trinajstić information content (AvgIpc) is 1.84. The maximum absolute atomic E-state index is 11.1. The Bertz CT molecular complexity index is 148. The van der Waals surface area contributed by atoms with Gasteiger partial charge in [0, 0.05) is 6.42 Å². The van der Waals surface area contributed by atoms with E-state index in [4.69, 9.17) is 10.2 Å². The molecule has 5 heteroatoms. The molecule has 0 aromatic heterocycles. The van der Waals surface area contributed by atoms with Gasteiger partial charge in [-0.2, -0.15) is 0 Å². The van der Waals surface area contributed by atoms with Crippen molar-refractivity contribution in [3.63, 3.8) is 0 Å². The predicted octanol–water partition coefficient (Wildman–Crippen LogP) is 1.92. The van der Waals surface area contributed by atoms with Gasteiger partial charge in [-0.05, 0) is 39.0 Å². The van der Waals surface area contributed by atoms with Crippen LogP contribution < -0.4 is 5.73 Å². The van der Waals surface area contributed by atoms with Gasteiger partial charge in [0.2, 0.25) is 8.32 Å². The molecule has 0 saturated heterocycles. The van der Waals surface area contributed by atoms with Crippen molar-refractivity contribution >= 4 is 26.7 Å². The van der Waals surface area contributed by atoms with Crippen molar-refractivity contribution in [2.45, 2.75) is 38.9 Å². The number of hydrogen-bond donors (Lipinski definition) is 1. The molecule has 0 unspecified atom stereocenters. The molecule has 13 heavy (non-hydrogen) atoms. The van der Waals surface area contributed by atoms with E-state index in [1.54, 1.807) is 0 Å². The molecule has 0 bridgehead atoms. The predicted molar refractivity (Wildman–Crippen MR) is 59.6 cm³/mol. The highest BCUT2D eigenvalue weighted by atomic mass is 35.5. The highest BCUT2D eigenvalue weighted by Gasteiger charge is 2.19. The van der Waals surface area contributed by atoms with E-state index >= 15 is 0 Å². The molecule has 0 aliphatic carbocycles. The minimum Gasteiger partial charge on any atom is -0.520 e. The van der Waals surface area contributed by atoms with E-state index in [-0.39, 0.29) is 18.4 Å². The summed E-state index contributed by atoms with van der Waals surface area (Å²) in [6.07, 6.45) is 2.27. The van der Waals surface area contributed by atoms with E-state index in [1.807, 2.05) is 19.6 Å². The summed E-state index contributed by atoms with van der Waals surface area (Å²) in [5.74, 6) is -0.0670. The van der Waals surface area contributed by atoms with Crippen molar-refractivity contribution in [2.24, 2.45) is 5.73 Å². The molecule has 0 heterocycles. The number of unbranched alkanes of at least 4 members (excludes halogenated alkanes) is 1. The van der Waals surface area contributed by atoms with Crippen molar-refractivity contribution in [1.29, 1.82) is 0 Å². The molecule has 0 aromatic carbocycles. The van der Waals surface area contributed by atoms with Gasteiger partial charge in [0.1, 0.15) is 0 Å². The molecule has 0 rings (SSSR count). The maximum atomic E-state index is 11.1. The molecule has 0 aliphatic heterocycles. The fraction of sp³-hybridized carbons (Fsp3) is 0.875. The Morgan fingerprint density at radius 2 is 1.85 bits per heavy atom. The van der Waals surface area contributed by atoms with Crippen LogP contribution in [0.15, 0.2) is 0 Å². The lowest BCUT2D eigenvalue weighted by atomic mass is 10.2. The van der Waals surface area contributed by atoms with Gasteiger partial charge in [0.05, 0.1) is 0 Å². The van der Waals surface area contributed by atoms with Crippen LogP contribution in [-0.4, -0.2) is 20.8 Å². The smallest absolute Gasteiger partial charge is 0.292 e. The minimum absolute atomic E-state index is 0. The van der Waals surface area contributed by atoms with Gasteiger partial charge in [0.15, 0.2) is 0 Å². The number of nitrogens with two attached hydrogens (primary N) is 1. The molecular weight excluding hydrogens is 206 g/mol. The fourth-order valence-electron chi connectivity index (χ4n) is 0.806. The average molecular weight is 226 g/mol. The van der Waals surface area contributed by atoms with Gasteiger partial charge in [-0.25, -0.2) is 0 Å². The number of hydrogen-bond acceptors (Lipinski definition) is 3. The summed E-state index contributed by atoms with van der Waals surface area (Å²) in [7, 11) is -1.66. The van der Waals surface area contributed by atoms with Crippen LogP contribution in [0, 0.1) is 0 Å². The van der Waals surface area contributed by atoms with Crippen LogP contribution in [-0.2, 0) is 9.22 Å². The number of carbonyl (C=O) groups excluding carboxylic acids is 1. The van der Waals surface area contributed by atoms with Gasteiger partial charge < -0.3 is 10.2 Å². The second-order valence-corrected chi connectivity index (χ2v) is 8.26. The van der Waals surface area contributed by atoms with Crippen molar-refractivity contribution < 1.29 is 9.22 Å². The van der Waals surface area contributed by atoms with E-state index in [9.17, 15) is 4.79 Å². The lowest BCUT2D eigenvalue weighted by Gasteiger charge is -2.16. The van der Waals surface area contributed by atoms with Gasteiger partial charge >= 0.3 is 0 Å². The van der Waals surface area contributed by atoms with Crippen LogP contribution in [0.1, 0.15) is 19.3 Å². The Balaban J connectivity index is 0. The van der Waals surface area contributed by atoms with Crippen LogP contribution in [0.2, 0.25) is 19.6 Å². The lowest BCUT2D eigenvalue weighted by Crippen LogP contribution is -2.29. The third-order valence-corrected chi connectivity index (χ3v) is 2.10. The molecule has 3 nitrogen and oxygen atoms in total. The molecule has 80 valence electrons. The van der Waals surface area contributed by atoms with Crippen LogP contribution in [0.5, 0.6) is 0 Å². The number of carbonyl (C=O) groups is 1. The third-order valence-electron chi connectivity index (χ3n) is 1.26. The third kappa shape index (κ3) is 11.9. The summed E-state index contributed by atoms with van der Waals surface area (Å²) in [4.78, 5) is 11.1. The monoisotopic (exact) mass is 225 g/mol. The standard InChI is InChI=1S/C8H19NO2Si.ClH/c1-12(2,3)11-8(10)6-4-5-7-9;/h4-7,9H2,1-3H3;1H. The second-order valence-electron chi connectivity index (χ2n) is 3.83. The van der Waals surface area contributed by atoms with Crippen LogP contribution >= 0.6 is 12.4 Å². The molecular formula is C8H20ClNO2Si. The van der Waals surface area contributed by atoms with Gasteiger partial charge in [-0.3, -0.25) is 4.79 Å². The van der Waals surface area contributed by atoms with Crippen LogP contribution in [0.25, 0.3) is 0 Å². The normalized spacial score (nSPS) is 10.5. The summed E-state index contributed by atoms with van der Waals surface area (Å²) >= 11 is 0. The van der Waals surface area contributed by atoms with E-state index in [0.29, 0.717) is 13.0 Å². The topological polar surface area (TPSA) is 52.3 Å². The first-order valence-electron chi connectivity index (χ1n) is 4.37. The van der Waals surface area contributed by atoms with Gasteiger partial charge in [-0.1, -0.05) is 0 Å². The summed E-state index contributed by atoms with van der Waals surface area (Å²) in [6.45, 7) is 6.68. The Hall–Kier alpha value is -0.0631. The first kappa shape index (κ1) is 15.4. The zero-order valence-corrected chi connectivity index (χ0v) is 10.4. The maximum Gasteiger partial charge on any atom is 0.292 e. The Kier molecular flexibility index (Phi) is 8.71. The van der Waals surface area contributed by atoms with E-state index < -0.39 is 8.32 Å². The molecule has 0 radical (unpaired) electrons. The first-order chi connectivity index (χ1) is 5.45. The Morgan fingerprint density at radius 1 is 1.31 bits per heavy atom. The molecule has 0 aliphatic rings. The quantitative estimate of drug-likeness (QED) is 0.575. The summed E-state index contributed by atoms with van der Waals surface area (Å²) in [5, 5.41) is 0. The fourth-order valence-corrected chi connectivity index (χ4v) is 1.59. The minimum atomic E-state index is -1.66. The number of halogens is 1. The number of rotatable bonds is 5. The van der Waals surface area contributed by atoms with E-state index in [1.165, 1.54) is 0 Å². The lowest BCUT2D eigenvalue weighted by molar-refractivity contribution is -0.135. The van der Waals surface area contributed by atoms with Crippen molar-refractivity contribution in [2.75, 3.05) is 6.54 Å². The van der Waals surface area contributed by atoms with Gasteiger partial charge in [-0.15, -0.1) is 12.4 Å². The highest BCUT2D eigenvalue weighted by Crippen LogP contribution is 2.06. The Labute approximate surface area is 87.6 Å². The van der Waals surface area contributed by atoms with E-state index in [0.717, 1.165) is 12.8 Å². The largest absolute Gasteiger partial charge is 0.520 e. The second kappa shape index (κ2) is 7.35. The Morgan fingerprint density at radius 3 is 2.23 bits per heavy atom. The summed E-state index contributed by atoms with van der Waals surface area (Å²) < 4.78 is 5.24. The molecule has 0 atom stereocenters. The van der Waals surface area contributed by atoms with E-state index in [2.05, 4.69) is 0 Å². The molecule has 0 saturated carbocycles. The zero-order chi connectivity index (χ0) is 9.61. The zero-order valence-electron chi connectivity index (χ0n) is 8.63. The van der Waals surface area contributed by atoms with Crippen molar-refractivity contribution in [3.05, 3.63) is 0 Å². The molecule has 0 spiro atoms. The van der Waals surface area contributed by atoms with Gasteiger partial charge in [0.25, 0.3) is 5.97 Å². The molecule has 0 aromatic rings. The van der Waals surface area contributed by atoms with Crippen LogP contribution in [0.3, 0.4) is 0 Å². The molecule has 0 fully saturated rings. The van der Waals surface area contributed by atoms with Crippen molar-refractivity contribution in [3.8, 4) is 0 Å². The summed E-state index contributed by atoms with van der Waals surface area (Å²) in [6, 6.07) is 0. The van der Waals surface area contributed by atoms with Crippen molar-refractivity contribution in [1.82, 2.24) is 0 Å². The summed E-state index contributed by atoms with van der Waals surface area (Å²) in [5.41, 5.74) is 5.30. The highest BCUT2D eigenvalue weighted by molar-refractivity contribution is 6.71. The SMILES string of the molecule is C[Si](C)(C)OC(=O)CCCCN.Cl. The molecule has 2 N–H and O–H groups in total. The molecule has 0 amide bonds. The van der Waals surface area contributed by atoms with Crippen LogP contribution in [0.4, 0.5) is 0 Å². The first-order valence-corrected chi connectivity index (χ1v) is 7.78.